The first-order valence-corrected chi connectivity index (χ1v) is 7.05. The molecule has 2 amide bonds. The van der Waals surface area contributed by atoms with E-state index in [9.17, 15) is 9.59 Å². The molecule has 1 aromatic carbocycles. The monoisotopic (exact) mass is 300 g/mol. The Morgan fingerprint density at radius 3 is 2.50 bits per heavy atom. The third kappa shape index (κ3) is 4.63. The number of carbonyl (C=O) groups is 2. The highest BCUT2D eigenvalue weighted by Gasteiger charge is 2.23. The number of nitrogens with two attached hydrogens (primary N) is 1. The number of carbonyl (C=O) groups excluding carboxylic acids is 2. The van der Waals surface area contributed by atoms with Gasteiger partial charge in [-0.2, -0.15) is 5.26 Å². The Labute approximate surface area is 130 Å². The SMILES string of the molecule is CCCCN/C=C(/C#N)C(=O)N(C(C)=O)c1ccc(N)cc1. The van der Waals surface area contributed by atoms with Gasteiger partial charge in [-0.25, -0.2) is 4.90 Å². The van der Waals surface area contributed by atoms with E-state index < -0.39 is 11.8 Å². The Morgan fingerprint density at radius 2 is 2.00 bits per heavy atom. The van der Waals surface area contributed by atoms with Gasteiger partial charge in [0.1, 0.15) is 11.6 Å². The number of benzene rings is 1. The van der Waals surface area contributed by atoms with Crippen LogP contribution >= 0.6 is 0 Å². The number of hydrogen-bond donors (Lipinski definition) is 2. The smallest absolute Gasteiger partial charge is 0.277 e. The Balaban J connectivity index is 2.99. The Morgan fingerprint density at radius 1 is 1.36 bits per heavy atom. The molecule has 0 spiro atoms. The van der Waals surface area contributed by atoms with E-state index in [1.165, 1.54) is 13.1 Å². The van der Waals surface area contributed by atoms with Crippen LogP contribution in [0.15, 0.2) is 36.0 Å². The lowest BCUT2D eigenvalue weighted by molar-refractivity contribution is -0.123. The number of anilines is 2. The molecule has 0 radical (unpaired) electrons. The molecule has 0 unspecified atom stereocenters. The van der Waals surface area contributed by atoms with E-state index in [1.54, 1.807) is 24.3 Å². The highest BCUT2D eigenvalue weighted by Crippen LogP contribution is 2.18. The van der Waals surface area contributed by atoms with Gasteiger partial charge in [0, 0.05) is 25.4 Å². The van der Waals surface area contributed by atoms with Crippen molar-refractivity contribution in [2.45, 2.75) is 26.7 Å². The molecule has 0 atom stereocenters. The number of nitriles is 1. The largest absolute Gasteiger partial charge is 0.399 e. The quantitative estimate of drug-likeness (QED) is 0.362. The standard InChI is InChI=1S/C16H20N4O2/c1-3-4-9-19-11-13(10-17)16(22)20(12(2)21)15-7-5-14(18)6-8-15/h5-8,11,19H,3-4,9,18H2,1-2H3/b13-11-. The van der Waals surface area contributed by atoms with Crippen LogP contribution in [0.2, 0.25) is 0 Å². The van der Waals surface area contributed by atoms with E-state index in [2.05, 4.69) is 5.32 Å². The number of nitrogen functional groups attached to an aromatic ring is 1. The van der Waals surface area contributed by atoms with E-state index in [4.69, 9.17) is 11.0 Å². The minimum absolute atomic E-state index is 0.122. The zero-order chi connectivity index (χ0) is 16.5. The first kappa shape index (κ1) is 17.2. The van der Waals surface area contributed by atoms with Crippen molar-refractivity contribution >= 4 is 23.2 Å². The summed E-state index contributed by atoms with van der Waals surface area (Å²) < 4.78 is 0. The van der Waals surface area contributed by atoms with Gasteiger partial charge in [0.25, 0.3) is 5.91 Å². The van der Waals surface area contributed by atoms with E-state index in [1.807, 2.05) is 13.0 Å². The van der Waals surface area contributed by atoms with Crippen LogP contribution in [-0.2, 0) is 9.59 Å². The van der Waals surface area contributed by atoms with Crippen molar-refractivity contribution in [3.63, 3.8) is 0 Å². The molecule has 0 saturated carbocycles. The molecule has 1 rings (SSSR count). The van der Waals surface area contributed by atoms with E-state index in [0.717, 1.165) is 17.7 Å². The Hall–Kier alpha value is -2.81. The predicted octanol–water partition coefficient (Wildman–Crippen LogP) is 1.95. The van der Waals surface area contributed by atoms with Gasteiger partial charge >= 0.3 is 0 Å². The number of amides is 2. The van der Waals surface area contributed by atoms with Crippen LogP contribution < -0.4 is 16.0 Å². The summed E-state index contributed by atoms with van der Waals surface area (Å²) in [6.45, 7) is 3.98. The number of imide groups is 1. The molecule has 0 saturated heterocycles. The summed E-state index contributed by atoms with van der Waals surface area (Å²) in [5.74, 6) is -1.13. The molecule has 1 aromatic rings. The fourth-order valence-electron chi connectivity index (χ4n) is 1.78. The third-order valence-corrected chi connectivity index (χ3v) is 2.94. The van der Waals surface area contributed by atoms with Crippen molar-refractivity contribution in [2.24, 2.45) is 0 Å². The molecule has 6 nitrogen and oxygen atoms in total. The number of unbranched alkanes of at least 4 members (excludes halogenated alkanes) is 1. The van der Waals surface area contributed by atoms with Crippen LogP contribution in [-0.4, -0.2) is 18.4 Å². The maximum atomic E-state index is 12.4. The van der Waals surface area contributed by atoms with Gasteiger partial charge in [0.15, 0.2) is 0 Å². The highest BCUT2D eigenvalue weighted by molar-refractivity contribution is 6.21. The van der Waals surface area contributed by atoms with Gasteiger partial charge in [-0.15, -0.1) is 0 Å². The summed E-state index contributed by atoms with van der Waals surface area (Å²) in [6.07, 6.45) is 3.28. The van der Waals surface area contributed by atoms with Crippen LogP contribution in [0.25, 0.3) is 0 Å². The van der Waals surface area contributed by atoms with Crippen molar-refractivity contribution in [2.75, 3.05) is 17.2 Å². The molecule has 6 heteroatoms. The second kappa shape index (κ2) is 8.47. The molecule has 116 valence electrons. The van der Waals surface area contributed by atoms with Gasteiger partial charge in [-0.1, -0.05) is 13.3 Å². The molecule has 0 heterocycles. The lowest BCUT2D eigenvalue weighted by Gasteiger charge is -2.19. The molecule has 0 bridgehead atoms. The molecule has 3 N–H and O–H groups in total. The average Bonchev–Trinajstić information content (AvgIpc) is 2.49. The lowest BCUT2D eigenvalue weighted by atomic mass is 10.2. The molecule has 0 fully saturated rings. The zero-order valence-electron chi connectivity index (χ0n) is 12.8. The first-order valence-electron chi connectivity index (χ1n) is 7.05. The van der Waals surface area contributed by atoms with Gasteiger partial charge in [-0.05, 0) is 30.7 Å². The Kier molecular flexibility index (Phi) is 6.64. The van der Waals surface area contributed by atoms with Crippen molar-refractivity contribution in [1.82, 2.24) is 5.32 Å². The normalized spacial score (nSPS) is 10.7. The lowest BCUT2D eigenvalue weighted by Crippen LogP contribution is -2.36. The second-order valence-electron chi connectivity index (χ2n) is 4.73. The summed E-state index contributed by atoms with van der Waals surface area (Å²) in [5, 5.41) is 12.0. The van der Waals surface area contributed by atoms with Gasteiger partial charge < -0.3 is 11.1 Å². The van der Waals surface area contributed by atoms with Gasteiger partial charge in [0.2, 0.25) is 5.91 Å². The fourth-order valence-corrected chi connectivity index (χ4v) is 1.78. The van der Waals surface area contributed by atoms with Crippen molar-refractivity contribution in [1.29, 1.82) is 5.26 Å². The average molecular weight is 300 g/mol. The maximum Gasteiger partial charge on any atom is 0.277 e. The van der Waals surface area contributed by atoms with Crippen LogP contribution in [0.1, 0.15) is 26.7 Å². The van der Waals surface area contributed by atoms with Crippen molar-refractivity contribution < 1.29 is 9.59 Å². The highest BCUT2D eigenvalue weighted by atomic mass is 16.2. The minimum Gasteiger partial charge on any atom is -0.399 e. The van der Waals surface area contributed by atoms with Crippen molar-refractivity contribution in [3.8, 4) is 6.07 Å². The van der Waals surface area contributed by atoms with E-state index in [0.29, 0.717) is 17.9 Å². The predicted molar refractivity (Wildman–Crippen MR) is 85.6 cm³/mol. The zero-order valence-corrected chi connectivity index (χ0v) is 12.8. The maximum absolute atomic E-state index is 12.4. The topological polar surface area (TPSA) is 99.2 Å². The van der Waals surface area contributed by atoms with Crippen LogP contribution in [0, 0.1) is 11.3 Å². The first-order chi connectivity index (χ1) is 10.5. The van der Waals surface area contributed by atoms with E-state index >= 15 is 0 Å². The van der Waals surface area contributed by atoms with E-state index in [-0.39, 0.29) is 5.57 Å². The summed E-state index contributed by atoms with van der Waals surface area (Å²) in [6, 6.07) is 8.14. The molecule has 0 aromatic heterocycles. The summed E-state index contributed by atoms with van der Waals surface area (Å²) in [4.78, 5) is 25.1. The van der Waals surface area contributed by atoms with Gasteiger partial charge in [0.05, 0.1) is 5.69 Å². The van der Waals surface area contributed by atoms with Gasteiger partial charge in [-0.3, -0.25) is 9.59 Å². The van der Waals surface area contributed by atoms with Crippen molar-refractivity contribution in [3.05, 3.63) is 36.0 Å². The molecule has 0 aliphatic rings. The van der Waals surface area contributed by atoms with Crippen LogP contribution in [0.3, 0.4) is 0 Å². The third-order valence-electron chi connectivity index (χ3n) is 2.94. The molecule has 0 aliphatic heterocycles. The van der Waals surface area contributed by atoms with Crippen LogP contribution in [0.4, 0.5) is 11.4 Å². The molecular formula is C16H20N4O2. The molecule has 22 heavy (non-hydrogen) atoms. The van der Waals surface area contributed by atoms with Crippen LogP contribution in [0.5, 0.6) is 0 Å². The number of rotatable bonds is 6. The summed E-state index contributed by atoms with van der Waals surface area (Å²) in [7, 11) is 0. The second-order valence-corrected chi connectivity index (χ2v) is 4.73. The molecule has 0 aliphatic carbocycles. The summed E-state index contributed by atoms with van der Waals surface area (Å²) >= 11 is 0. The molecular weight excluding hydrogens is 280 g/mol. The Bertz CT molecular complexity index is 600. The minimum atomic E-state index is -0.663. The number of nitrogens with one attached hydrogen (secondary N) is 1. The summed E-state index contributed by atoms with van der Waals surface area (Å²) in [5.41, 5.74) is 6.38. The number of hydrogen-bond acceptors (Lipinski definition) is 5. The number of nitrogens with zero attached hydrogens (tertiary/aromatic N) is 2. The fraction of sp³-hybridized carbons (Fsp3) is 0.312.